The first kappa shape index (κ1) is 15.1. The molecule has 1 aromatic rings. The Bertz CT molecular complexity index is 658. The zero-order valence-corrected chi connectivity index (χ0v) is 11.0. The van der Waals surface area contributed by atoms with Gasteiger partial charge >= 0.3 is 0 Å². The lowest BCUT2D eigenvalue weighted by Crippen LogP contribution is -2.08. The Balaban J connectivity index is 3.68. The van der Waals surface area contributed by atoms with Crippen molar-refractivity contribution >= 4 is 20.2 Å². The van der Waals surface area contributed by atoms with Gasteiger partial charge in [-0.3, -0.25) is 9.11 Å². The van der Waals surface area contributed by atoms with Gasteiger partial charge in [-0.1, -0.05) is 0 Å². The van der Waals surface area contributed by atoms with E-state index in [2.05, 4.69) is 0 Å². The molecule has 9 heteroatoms. The Hall–Kier alpha value is -1.00. The first-order valence-electron chi connectivity index (χ1n) is 4.74. The van der Waals surface area contributed by atoms with Gasteiger partial charge in [0.05, 0.1) is 16.4 Å². The highest BCUT2D eigenvalue weighted by Gasteiger charge is 2.21. The quantitative estimate of drug-likeness (QED) is 0.776. The summed E-state index contributed by atoms with van der Waals surface area (Å²) in [6, 6.07) is 1.66. The first-order chi connectivity index (χ1) is 8.07. The second kappa shape index (κ2) is 4.94. The minimum absolute atomic E-state index is 0.0840. The van der Waals surface area contributed by atoms with E-state index in [1.807, 2.05) is 0 Å². The fraction of sp³-hybridized carbons (Fsp3) is 0.333. The monoisotopic (exact) mass is 295 g/mol. The van der Waals surface area contributed by atoms with Crippen molar-refractivity contribution in [1.29, 1.82) is 0 Å². The van der Waals surface area contributed by atoms with Crippen LogP contribution in [0.3, 0.4) is 0 Å². The standard InChI is InChI=1S/C9H11O7S2/c1-6-7(2-3-10)4-8(17(11,12)13)5-9(6)18(14,15)16/h4-5H,2-3H2,1H3,(H,11,12,13)(H,14,15,16). The molecule has 0 saturated carbocycles. The lowest BCUT2D eigenvalue weighted by atomic mass is 10.1. The van der Waals surface area contributed by atoms with Gasteiger partial charge in [0.2, 0.25) is 0 Å². The molecule has 0 spiro atoms. The van der Waals surface area contributed by atoms with E-state index in [0.29, 0.717) is 6.07 Å². The van der Waals surface area contributed by atoms with Crippen molar-refractivity contribution in [2.24, 2.45) is 0 Å². The van der Waals surface area contributed by atoms with E-state index in [0.717, 1.165) is 6.07 Å². The molecule has 0 aromatic heterocycles. The van der Waals surface area contributed by atoms with Crippen LogP contribution in [-0.2, 0) is 31.8 Å². The number of benzene rings is 1. The van der Waals surface area contributed by atoms with E-state index >= 15 is 0 Å². The molecule has 0 amide bonds. The average molecular weight is 295 g/mol. The van der Waals surface area contributed by atoms with Gasteiger partial charge in [-0.2, -0.15) is 16.8 Å². The second-order valence-electron chi connectivity index (χ2n) is 3.61. The van der Waals surface area contributed by atoms with Crippen molar-refractivity contribution in [3.05, 3.63) is 23.3 Å². The Kier molecular flexibility index (Phi) is 4.13. The molecule has 0 bridgehead atoms. The minimum atomic E-state index is -4.63. The van der Waals surface area contributed by atoms with Crippen molar-refractivity contribution in [3.8, 4) is 0 Å². The SMILES string of the molecule is Cc1c(CC[O])cc(S(=O)(=O)O)cc1S(=O)(=O)O. The first-order valence-corrected chi connectivity index (χ1v) is 7.62. The van der Waals surface area contributed by atoms with Gasteiger partial charge in [0.15, 0.2) is 0 Å². The summed E-state index contributed by atoms with van der Waals surface area (Å²) in [4.78, 5) is -1.31. The molecule has 0 aliphatic rings. The number of hydrogen-bond acceptors (Lipinski definition) is 4. The number of hydrogen-bond donors (Lipinski definition) is 2. The van der Waals surface area contributed by atoms with E-state index < -0.39 is 36.6 Å². The topological polar surface area (TPSA) is 129 Å². The molecular formula is C9H11O7S2. The van der Waals surface area contributed by atoms with Crippen molar-refractivity contribution in [2.45, 2.75) is 23.1 Å². The van der Waals surface area contributed by atoms with Crippen molar-refractivity contribution in [3.63, 3.8) is 0 Å². The Morgan fingerprint density at radius 3 is 2.00 bits per heavy atom. The van der Waals surface area contributed by atoms with Gasteiger partial charge < -0.3 is 0 Å². The molecule has 1 aromatic carbocycles. The van der Waals surface area contributed by atoms with Gasteiger partial charge in [0.25, 0.3) is 20.2 Å². The Morgan fingerprint density at radius 1 is 1.06 bits per heavy atom. The summed E-state index contributed by atoms with van der Waals surface area (Å²) in [5.74, 6) is 0. The van der Waals surface area contributed by atoms with Crippen LogP contribution in [0.5, 0.6) is 0 Å². The van der Waals surface area contributed by atoms with Crippen LogP contribution in [0.2, 0.25) is 0 Å². The summed E-state index contributed by atoms with van der Waals surface area (Å²) >= 11 is 0. The fourth-order valence-electron chi connectivity index (χ4n) is 1.50. The molecule has 0 aliphatic heterocycles. The van der Waals surface area contributed by atoms with Crippen LogP contribution in [0.25, 0.3) is 0 Å². The highest BCUT2D eigenvalue weighted by molar-refractivity contribution is 7.86. The summed E-state index contributed by atoms with van der Waals surface area (Å²) in [5, 5.41) is 10.5. The molecular weight excluding hydrogens is 284 g/mol. The van der Waals surface area contributed by atoms with Crippen LogP contribution in [0.15, 0.2) is 21.9 Å². The second-order valence-corrected chi connectivity index (χ2v) is 6.42. The molecule has 1 radical (unpaired) electrons. The third-order valence-electron chi connectivity index (χ3n) is 2.39. The van der Waals surface area contributed by atoms with Gasteiger partial charge in [-0.15, -0.1) is 0 Å². The molecule has 0 aliphatic carbocycles. The molecule has 1 rings (SSSR count). The van der Waals surface area contributed by atoms with E-state index in [-0.39, 0.29) is 17.5 Å². The summed E-state index contributed by atoms with van der Waals surface area (Å²) in [5.41, 5.74) is 0.230. The zero-order chi connectivity index (χ0) is 14.1. The molecule has 0 unspecified atom stereocenters. The molecule has 101 valence electrons. The molecule has 2 N–H and O–H groups in total. The normalized spacial score (nSPS) is 12.7. The fourth-order valence-corrected chi connectivity index (χ4v) is 2.93. The molecule has 0 saturated heterocycles. The summed E-state index contributed by atoms with van der Waals surface area (Å²) < 4.78 is 62.0. The molecule has 18 heavy (non-hydrogen) atoms. The maximum absolute atomic E-state index is 11.1. The van der Waals surface area contributed by atoms with E-state index in [1.54, 1.807) is 0 Å². The van der Waals surface area contributed by atoms with Crippen molar-refractivity contribution in [2.75, 3.05) is 6.61 Å². The van der Waals surface area contributed by atoms with Gasteiger partial charge in [-0.25, -0.2) is 5.11 Å². The van der Waals surface area contributed by atoms with Gasteiger partial charge in [0, 0.05) is 0 Å². The lowest BCUT2D eigenvalue weighted by molar-refractivity contribution is 0.197. The molecule has 0 fully saturated rings. The summed E-state index contributed by atoms with van der Waals surface area (Å²) in [6.07, 6.45) is -0.113. The Morgan fingerprint density at radius 2 is 1.61 bits per heavy atom. The van der Waals surface area contributed by atoms with E-state index in [1.165, 1.54) is 6.92 Å². The smallest absolute Gasteiger partial charge is 0.282 e. The van der Waals surface area contributed by atoms with Crippen LogP contribution in [-0.4, -0.2) is 32.5 Å². The van der Waals surface area contributed by atoms with E-state index in [9.17, 15) is 21.9 Å². The summed E-state index contributed by atoms with van der Waals surface area (Å²) in [6.45, 7) is 0.753. The lowest BCUT2D eigenvalue weighted by Gasteiger charge is -2.10. The van der Waals surface area contributed by atoms with Crippen molar-refractivity contribution in [1.82, 2.24) is 0 Å². The average Bonchev–Trinajstić information content (AvgIpc) is 2.17. The molecule has 0 heterocycles. The third-order valence-corrected chi connectivity index (χ3v) is 4.20. The third kappa shape index (κ3) is 3.27. The van der Waals surface area contributed by atoms with Gasteiger partial charge in [0.1, 0.15) is 0 Å². The highest BCUT2D eigenvalue weighted by Crippen LogP contribution is 2.24. The van der Waals surface area contributed by atoms with Crippen molar-refractivity contribution < 1.29 is 31.0 Å². The Labute approximate surface area is 105 Å². The predicted octanol–water partition coefficient (Wildman–Crippen LogP) is 0.461. The molecule has 0 atom stereocenters. The van der Waals surface area contributed by atoms with Crippen LogP contribution >= 0.6 is 0 Å². The minimum Gasteiger partial charge on any atom is -0.282 e. The maximum atomic E-state index is 11.1. The van der Waals surface area contributed by atoms with Gasteiger partial charge in [-0.05, 0) is 36.6 Å². The number of rotatable bonds is 4. The molecule has 7 nitrogen and oxygen atoms in total. The predicted molar refractivity (Wildman–Crippen MR) is 60.1 cm³/mol. The van der Waals surface area contributed by atoms with Crippen LogP contribution in [0, 0.1) is 6.92 Å². The zero-order valence-electron chi connectivity index (χ0n) is 9.32. The maximum Gasteiger partial charge on any atom is 0.294 e. The largest absolute Gasteiger partial charge is 0.294 e. The van der Waals surface area contributed by atoms with Crippen LogP contribution in [0.4, 0.5) is 0 Å². The van der Waals surface area contributed by atoms with Crippen LogP contribution in [0.1, 0.15) is 11.1 Å². The van der Waals surface area contributed by atoms with Crippen LogP contribution < -0.4 is 0 Å². The highest BCUT2D eigenvalue weighted by atomic mass is 32.2. The summed E-state index contributed by atoms with van der Waals surface area (Å²) in [7, 11) is -9.26. The van der Waals surface area contributed by atoms with E-state index in [4.69, 9.17) is 9.11 Å².